The Morgan fingerprint density at radius 2 is 1.90 bits per heavy atom. The molecule has 150 valence electrons. The van der Waals surface area contributed by atoms with Crippen molar-refractivity contribution in [1.29, 1.82) is 0 Å². The monoisotopic (exact) mass is 482 g/mol. The van der Waals surface area contributed by atoms with Gasteiger partial charge in [0.25, 0.3) is 0 Å². The van der Waals surface area contributed by atoms with Gasteiger partial charge in [0.15, 0.2) is 10.4 Å². The van der Waals surface area contributed by atoms with E-state index in [1.54, 1.807) is 18.3 Å². The second-order valence-electron chi connectivity index (χ2n) is 6.43. The number of hydrogen-bond donors (Lipinski definition) is 1. The van der Waals surface area contributed by atoms with E-state index in [4.69, 9.17) is 21.1 Å². The summed E-state index contributed by atoms with van der Waals surface area (Å²) < 4.78 is 7.53. The fraction of sp³-hybridized carbons (Fsp3) is 0.0455. The van der Waals surface area contributed by atoms with Crippen LogP contribution in [0.5, 0.6) is 0 Å². The molecule has 0 unspecified atom stereocenters. The third-order valence-corrected chi connectivity index (χ3v) is 4.94. The highest BCUT2D eigenvalue weighted by Gasteiger charge is 2.12. The summed E-state index contributed by atoms with van der Waals surface area (Å²) in [7, 11) is 0. The molecule has 0 atom stereocenters. The van der Waals surface area contributed by atoms with Crippen molar-refractivity contribution in [1.82, 2.24) is 15.2 Å². The molecule has 2 aromatic heterocycles. The van der Waals surface area contributed by atoms with Crippen molar-refractivity contribution >= 4 is 39.7 Å². The number of carbonyl (C=O) groups is 1. The van der Waals surface area contributed by atoms with Crippen LogP contribution in [-0.2, 0) is 6.54 Å². The van der Waals surface area contributed by atoms with Gasteiger partial charge in [-0.3, -0.25) is 9.48 Å². The molecule has 30 heavy (non-hydrogen) atoms. The van der Waals surface area contributed by atoms with Crippen molar-refractivity contribution in [3.63, 3.8) is 0 Å². The molecule has 0 aliphatic rings. The fourth-order valence-corrected chi connectivity index (χ4v) is 3.29. The minimum absolute atomic E-state index is 0.167. The van der Waals surface area contributed by atoms with E-state index in [0.717, 1.165) is 22.4 Å². The second kappa shape index (κ2) is 9.11. The summed E-state index contributed by atoms with van der Waals surface area (Å²) in [5, 5.41) is 9.48. The van der Waals surface area contributed by atoms with Crippen molar-refractivity contribution < 1.29 is 9.21 Å². The number of hydrogen-bond acceptors (Lipinski definition) is 4. The first-order chi connectivity index (χ1) is 14.6. The van der Waals surface area contributed by atoms with Gasteiger partial charge in [0.1, 0.15) is 5.69 Å². The molecule has 6 nitrogen and oxygen atoms in total. The maximum atomic E-state index is 12.1. The van der Waals surface area contributed by atoms with Gasteiger partial charge in [-0.25, -0.2) is 5.43 Å². The normalized spacial score (nSPS) is 11.1. The highest BCUT2D eigenvalue weighted by atomic mass is 79.9. The Kier molecular flexibility index (Phi) is 6.11. The third-order valence-electron chi connectivity index (χ3n) is 4.26. The summed E-state index contributed by atoms with van der Waals surface area (Å²) in [6.45, 7) is 0.581. The Hall–Kier alpha value is -3.16. The zero-order chi connectivity index (χ0) is 20.9. The van der Waals surface area contributed by atoms with Crippen LogP contribution in [0.25, 0.3) is 11.3 Å². The van der Waals surface area contributed by atoms with Gasteiger partial charge < -0.3 is 4.42 Å². The van der Waals surface area contributed by atoms with Crippen LogP contribution in [0, 0.1) is 0 Å². The smallest absolute Gasteiger partial charge is 0.307 e. The van der Waals surface area contributed by atoms with E-state index >= 15 is 0 Å². The SMILES string of the molecule is O=C(NN=Cc1cn(Cc2ccc(Cl)cc2)nc1-c1ccccc1)c1ccc(Br)o1. The number of rotatable bonds is 6. The maximum absolute atomic E-state index is 12.1. The van der Waals surface area contributed by atoms with Gasteiger partial charge in [-0.2, -0.15) is 10.2 Å². The summed E-state index contributed by atoms with van der Waals surface area (Å²) in [5.41, 5.74) is 6.03. The molecule has 0 aliphatic carbocycles. The topological polar surface area (TPSA) is 72.4 Å². The molecule has 0 saturated heterocycles. The molecule has 2 heterocycles. The number of amides is 1. The fourth-order valence-electron chi connectivity index (χ4n) is 2.86. The van der Waals surface area contributed by atoms with E-state index in [-0.39, 0.29) is 5.76 Å². The molecular formula is C22H16BrClN4O2. The molecule has 0 saturated carbocycles. The van der Waals surface area contributed by atoms with Gasteiger partial charge in [0.05, 0.1) is 12.8 Å². The standard InChI is InChI=1S/C22H16BrClN4O2/c23-20-11-10-19(30-20)22(29)26-25-12-17-14-28(13-15-6-8-18(24)9-7-15)27-21(17)16-4-2-1-3-5-16/h1-12,14H,13H2,(H,26,29). The van der Waals surface area contributed by atoms with Crippen LogP contribution in [0.4, 0.5) is 0 Å². The number of furan rings is 1. The summed E-state index contributed by atoms with van der Waals surface area (Å²) in [5.74, 6) is -0.271. The minimum atomic E-state index is -0.438. The lowest BCUT2D eigenvalue weighted by molar-refractivity contribution is 0.0926. The number of aromatic nitrogens is 2. The first-order valence-electron chi connectivity index (χ1n) is 9.04. The molecule has 0 fully saturated rings. The largest absolute Gasteiger partial charge is 0.444 e. The maximum Gasteiger partial charge on any atom is 0.307 e. The highest BCUT2D eigenvalue weighted by molar-refractivity contribution is 9.10. The van der Waals surface area contributed by atoms with E-state index in [9.17, 15) is 4.79 Å². The number of halogens is 2. The number of benzene rings is 2. The van der Waals surface area contributed by atoms with Crippen molar-refractivity contribution in [2.75, 3.05) is 0 Å². The molecule has 4 aromatic rings. The van der Waals surface area contributed by atoms with Crippen LogP contribution < -0.4 is 5.43 Å². The van der Waals surface area contributed by atoms with E-state index in [0.29, 0.717) is 16.2 Å². The molecule has 0 radical (unpaired) electrons. The Bertz CT molecular complexity index is 1180. The lowest BCUT2D eigenvalue weighted by Crippen LogP contribution is -2.16. The molecule has 4 rings (SSSR count). The van der Waals surface area contributed by atoms with Gasteiger partial charge in [-0.1, -0.05) is 54.1 Å². The van der Waals surface area contributed by atoms with Gasteiger partial charge in [0.2, 0.25) is 0 Å². The number of carbonyl (C=O) groups excluding carboxylic acids is 1. The number of nitrogens with one attached hydrogen (secondary N) is 1. The van der Waals surface area contributed by atoms with Crippen LogP contribution in [-0.4, -0.2) is 21.9 Å². The first-order valence-corrected chi connectivity index (χ1v) is 10.2. The molecule has 0 spiro atoms. The lowest BCUT2D eigenvalue weighted by Gasteiger charge is -2.02. The lowest BCUT2D eigenvalue weighted by atomic mass is 10.1. The number of hydrazone groups is 1. The summed E-state index contributed by atoms with van der Waals surface area (Å²) in [6, 6.07) is 20.6. The average molecular weight is 484 g/mol. The summed E-state index contributed by atoms with van der Waals surface area (Å²) >= 11 is 9.14. The van der Waals surface area contributed by atoms with Crippen LogP contribution in [0.2, 0.25) is 5.02 Å². The Labute approximate surface area is 186 Å². The molecule has 2 aromatic carbocycles. The Morgan fingerprint density at radius 3 is 2.60 bits per heavy atom. The van der Waals surface area contributed by atoms with Crippen LogP contribution in [0.1, 0.15) is 21.7 Å². The van der Waals surface area contributed by atoms with Crippen LogP contribution in [0.15, 0.2) is 87.1 Å². The molecule has 0 aliphatic heterocycles. The van der Waals surface area contributed by atoms with Gasteiger partial charge >= 0.3 is 5.91 Å². The third kappa shape index (κ3) is 4.87. The van der Waals surface area contributed by atoms with E-state index < -0.39 is 5.91 Å². The first kappa shape index (κ1) is 20.1. The quantitative estimate of drug-likeness (QED) is 0.296. The summed E-state index contributed by atoms with van der Waals surface area (Å²) in [4.78, 5) is 12.1. The van der Waals surface area contributed by atoms with Crippen molar-refractivity contribution in [2.45, 2.75) is 6.54 Å². The summed E-state index contributed by atoms with van der Waals surface area (Å²) in [6.07, 6.45) is 3.46. The van der Waals surface area contributed by atoms with E-state index in [2.05, 4.69) is 26.5 Å². The van der Waals surface area contributed by atoms with E-state index in [1.165, 1.54) is 0 Å². The number of nitrogens with zero attached hydrogens (tertiary/aromatic N) is 3. The molecular weight excluding hydrogens is 468 g/mol. The average Bonchev–Trinajstić information content (AvgIpc) is 3.36. The van der Waals surface area contributed by atoms with Crippen LogP contribution >= 0.6 is 27.5 Å². The zero-order valence-corrected chi connectivity index (χ0v) is 18.0. The highest BCUT2D eigenvalue weighted by Crippen LogP contribution is 2.21. The van der Waals surface area contributed by atoms with E-state index in [1.807, 2.05) is 65.5 Å². The zero-order valence-electron chi connectivity index (χ0n) is 15.6. The molecule has 1 N–H and O–H groups in total. The van der Waals surface area contributed by atoms with Crippen molar-refractivity contribution in [3.05, 3.63) is 99.5 Å². The van der Waals surface area contributed by atoms with Crippen molar-refractivity contribution in [2.24, 2.45) is 5.10 Å². The van der Waals surface area contributed by atoms with Gasteiger partial charge in [0, 0.05) is 22.3 Å². The molecule has 0 bridgehead atoms. The van der Waals surface area contributed by atoms with Crippen LogP contribution in [0.3, 0.4) is 0 Å². The second-order valence-corrected chi connectivity index (χ2v) is 7.64. The Morgan fingerprint density at radius 1 is 1.13 bits per heavy atom. The van der Waals surface area contributed by atoms with Gasteiger partial charge in [-0.05, 0) is 45.8 Å². The Balaban J connectivity index is 1.57. The van der Waals surface area contributed by atoms with Crippen molar-refractivity contribution in [3.8, 4) is 11.3 Å². The predicted molar refractivity (Wildman–Crippen MR) is 120 cm³/mol. The minimum Gasteiger partial charge on any atom is -0.444 e. The predicted octanol–water partition coefficient (Wildman–Crippen LogP) is 5.37. The molecule has 1 amide bonds. The van der Waals surface area contributed by atoms with Gasteiger partial charge in [-0.15, -0.1) is 0 Å². The molecule has 8 heteroatoms.